The summed E-state index contributed by atoms with van der Waals surface area (Å²) < 4.78 is 8.80. The summed E-state index contributed by atoms with van der Waals surface area (Å²) >= 11 is 0. The van der Waals surface area contributed by atoms with Gasteiger partial charge in [-0.3, -0.25) is 9.59 Å². The monoisotopic (exact) mass is 250 g/mol. The molecule has 0 fully saturated rings. The molecule has 68 valence electrons. The van der Waals surface area contributed by atoms with E-state index in [0.717, 1.165) is 0 Å². The molecule has 0 radical (unpaired) electrons. The second-order valence-corrected chi connectivity index (χ2v) is 2.61. The van der Waals surface area contributed by atoms with Crippen molar-refractivity contribution in [3.8, 4) is 0 Å². The molecule has 4 nitrogen and oxygen atoms in total. The zero-order valence-corrected chi connectivity index (χ0v) is 10.1. The molecule has 0 aromatic rings. The molecule has 0 rings (SSSR count). The second-order valence-electron chi connectivity index (χ2n) is 2.61. The molecule has 0 heterocycles. The molecule has 0 amide bonds. The van der Waals surface area contributed by atoms with Crippen LogP contribution in [0.2, 0.25) is 0 Å². The maximum atomic E-state index is 10.9. The van der Waals surface area contributed by atoms with E-state index in [1.54, 1.807) is 0 Å². The SMILES string of the molecule is COC(=O)C(C)(C)C(=O)OC.[Zr]. The summed E-state index contributed by atoms with van der Waals surface area (Å²) in [6.45, 7) is 2.90. The molecule has 12 heavy (non-hydrogen) atoms. The van der Waals surface area contributed by atoms with Gasteiger partial charge in [0.25, 0.3) is 0 Å². The first kappa shape index (κ1) is 14.4. The fraction of sp³-hybridized carbons (Fsp3) is 0.714. The predicted molar refractivity (Wildman–Crippen MR) is 37.8 cm³/mol. The summed E-state index contributed by atoms with van der Waals surface area (Å²) in [6, 6.07) is 0. The fourth-order valence-corrected chi connectivity index (χ4v) is 0.594. The average molecular weight is 251 g/mol. The third-order valence-electron chi connectivity index (χ3n) is 1.39. The summed E-state index contributed by atoms with van der Waals surface area (Å²) in [6.07, 6.45) is 0. The van der Waals surface area contributed by atoms with Gasteiger partial charge in [0.1, 0.15) is 0 Å². The van der Waals surface area contributed by atoms with Crippen LogP contribution in [0.5, 0.6) is 0 Å². The molecule has 0 aliphatic carbocycles. The van der Waals surface area contributed by atoms with Crippen molar-refractivity contribution in [1.82, 2.24) is 0 Å². The first-order valence-electron chi connectivity index (χ1n) is 3.13. The number of esters is 2. The van der Waals surface area contributed by atoms with Gasteiger partial charge in [0.15, 0.2) is 5.41 Å². The zero-order valence-electron chi connectivity index (χ0n) is 7.63. The van der Waals surface area contributed by atoms with E-state index < -0.39 is 17.4 Å². The minimum absolute atomic E-state index is 0. The predicted octanol–water partition coefficient (Wildman–Crippen LogP) is 0.356. The molecule has 0 atom stereocenters. The van der Waals surface area contributed by atoms with Crippen molar-refractivity contribution in [3.63, 3.8) is 0 Å². The Morgan fingerprint density at radius 2 is 1.25 bits per heavy atom. The van der Waals surface area contributed by atoms with Crippen LogP contribution in [0.15, 0.2) is 0 Å². The Hall–Kier alpha value is -0.177. The van der Waals surface area contributed by atoms with Crippen molar-refractivity contribution in [2.75, 3.05) is 14.2 Å². The Balaban J connectivity index is 0. The molecule has 0 saturated heterocycles. The van der Waals surface area contributed by atoms with Gasteiger partial charge in [-0.15, -0.1) is 0 Å². The van der Waals surface area contributed by atoms with E-state index in [2.05, 4.69) is 9.47 Å². The number of hydrogen-bond donors (Lipinski definition) is 0. The number of hydrogen-bond acceptors (Lipinski definition) is 4. The van der Waals surface area contributed by atoms with Crippen LogP contribution >= 0.6 is 0 Å². The summed E-state index contributed by atoms with van der Waals surface area (Å²) in [5.41, 5.74) is -1.20. The Morgan fingerprint density at radius 3 is 1.42 bits per heavy atom. The zero-order chi connectivity index (χ0) is 9.07. The smallest absolute Gasteiger partial charge is 0.322 e. The van der Waals surface area contributed by atoms with E-state index in [1.807, 2.05) is 0 Å². The first-order valence-corrected chi connectivity index (χ1v) is 3.13. The summed E-state index contributed by atoms with van der Waals surface area (Å²) in [5, 5.41) is 0. The van der Waals surface area contributed by atoms with Gasteiger partial charge < -0.3 is 9.47 Å². The molecule has 0 spiro atoms. The van der Waals surface area contributed by atoms with E-state index in [-0.39, 0.29) is 26.2 Å². The maximum absolute atomic E-state index is 10.9. The van der Waals surface area contributed by atoms with Crippen molar-refractivity contribution in [2.45, 2.75) is 13.8 Å². The third kappa shape index (κ3) is 3.05. The molecule has 5 heteroatoms. The van der Waals surface area contributed by atoms with Crippen LogP contribution in [0.25, 0.3) is 0 Å². The quantitative estimate of drug-likeness (QED) is 0.525. The minimum Gasteiger partial charge on any atom is -0.468 e. The molecule has 0 bridgehead atoms. The summed E-state index contributed by atoms with van der Waals surface area (Å²) in [5.74, 6) is -1.19. The second kappa shape index (κ2) is 5.47. The van der Waals surface area contributed by atoms with Crippen molar-refractivity contribution >= 4 is 11.9 Å². The molecule has 0 unspecified atom stereocenters. The molecule has 0 aromatic carbocycles. The van der Waals surface area contributed by atoms with Gasteiger partial charge in [-0.25, -0.2) is 0 Å². The van der Waals surface area contributed by atoms with Crippen LogP contribution in [0, 0.1) is 5.41 Å². The summed E-state index contributed by atoms with van der Waals surface area (Å²) in [7, 11) is 2.46. The van der Waals surface area contributed by atoms with Crippen LogP contribution in [0.4, 0.5) is 0 Å². The van der Waals surface area contributed by atoms with Gasteiger partial charge in [-0.1, -0.05) is 0 Å². The molecule has 0 aliphatic heterocycles. The fourth-order valence-electron chi connectivity index (χ4n) is 0.594. The van der Waals surface area contributed by atoms with Crippen molar-refractivity contribution < 1.29 is 45.3 Å². The van der Waals surface area contributed by atoms with E-state index in [4.69, 9.17) is 0 Å². The van der Waals surface area contributed by atoms with Gasteiger partial charge in [-0.2, -0.15) is 0 Å². The Bertz CT molecular complexity index is 158. The Morgan fingerprint density at radius 1 is 1.00 bits per heavy atom. The number of carbonyl (C=O) groups is 2. The number of ether oxygens (including phenoxy) is 2. The Kier molecular flexibility index (Phi) is 6.54. The number of methoxy groups -OCH3 is 2. The first-order chi connectivity index (χ1) is 4.96. The molecule has 0 aromatic heterocycles. The topological polar surface area (TPSA) is 52.6 Å². The molecular weight excluding hydrogens is 239 g/mol. The largest absolute Gasteiger partial charge is 0.468 e. The van der Waals surface area contributed by atoms with Gasteiger partial charge in [-0.05, 0) is 13.8 Å². The van der Waals surface area contributed by atoms with Gasteiger partial charge in [0.2, 0.25) is 0 Å². The average Bonchev–Trinajstić information content (AvgIpc) is 2.01. The van der Waals surface area contributed by atoms with Crippen molar-refractivity contribution in [3.05, 3.63) is 0 Å². The van der Waals surface area contributed by atoms with Crippen LogP contribution in [-0.2, 0) is 45.3 Å². The number of rotatable bonds is 2. The van der Waals surface area contributed by atoms with Crippen molar-refractivity contribution in [1.29, 1.82) is 0 Å². The van der Waals surface area contributed by atoms with E-state index in [1.165, 1.54) is 28.1 Å². The number of carbonyl (C=O) groups excluding carboxylic acids is 2. The van der Waals surface area contributed by atoms with Crippen LogP contribution in [-0.4, -0.2) is 26.2 Å². The standard InChI is InChI=1S/C7H12O4.Zr/c1-7(2,5(8)10-3)6(9)11-4;/h1-4H3;. The minimum atomic E-state index is -1.20. The normalized spacial score (nSPS) is 9.67. The van der Waals surface area contributed by atoms with Gasteiger partial charge >= 0.3 is 11.9 Å². The molecule has 0 aliphatic rings. The molecule has 0 N–H and O–H groups in total. The van der Waals surface area contributed by atoms with Crippen molar-refractivity contribution in [2.24, 2.45) is 5.41 Å². The summed E-state index contributed by atoms with van der Waals surface area (Å²) in [4.78, 5) is 21.8. The van der Waals surface area contributed by atoms with E-state index in [9.17, 15) is 9.59 Å². The molecule has 0 saturated carbocycles. The van der Waals surface area contributed by atoms with Gasteiger partial charge in [0, 0.05) is 26.2 Å². The van der Waals surface area contributed by atoms with Crippen LogP contribution < -0.4 is 0 Å². The maximum Gasteiger partial charge on any atom is 0.322 e. The van der Waals surface area contributed by atoms with Gasteiger partial charge in [0.05, 0.1) is 14.2 Å². The third-order valence-corrected chi connectivity index (χ3v) is 1.39. The van der Waals surface area contributed by atoms with Crippen LogP contribution in [0.3, 0.4) is 0 Å². The van der Waals surface area contributed by atoms with Crippen LogP contribution in [0.1, 0.15) is 13.8 Å². The molecular formula is C7H12O4Zr. The van der Waals surface area contributed by atoms with E-state index >= 15 is 0 Å². The van der Waals surface area contributed by atoms with E-state index in [0.29, 0.717) is 0 Å². The Labute approximate surface area is 90.7 Å².